The maximum atomic E-state index is 12.4. The Labute approximate surface area is 147 Å². The summed E-state index contributed by atoms with van der Waals surface area (Å²) in [6, 6.07) is 4.13. The lowest BCUT2D eigenvalue weighted by molar-refractivity contribution is -0.114. The van der Waals surface area contributed by atoms with E-state index in [0.717, 1.165) is 0 Å². The van der Waals surface area contributed by atoms with Crippen LogP contribution in [0.1, 0.15) is 17.3 Å². The molecule has 10 nitrogen and oxygen atoms in total. The number of hydrogen-bond donors (Lipinski definition) is 2. The van der Waals surface area contributed by atoms with Crippen LogP contribution in [-0.2, 0) is 19.6 Å². The van der Waals surface area contributed by atoms with E-state index in [1.54, 1.807) is 0 Å². The molecule has 1 heterocycles. The number of anilines is 2. The van der Waals surface area contributed by atoms with Crippen molar-refractivity contribution >= 4 is 44.1 Å². The van der Waals surface area contributed by atoms with E-state index in [1.165, 1.54) is 39.3 Å². The second-order valence-corrected chi connectivity index (χ2v) is 7.40. The lowest BCUT2D eigenvalue weighted by atomic mass is 10.2. The first-order chi connectivity index (χ1) is 11.8. The minimum Gasteiger partial charge on any atom is -0.495 e. The van der Waals surface area contributed by atoms with Gasteiger partial charge in [-0.3, -0.25) is 9.52 Å². The van der Waals surface area contributed by atoms with Crippen molar-refractivity contribution in [3.63, 3.8) is 0 Å². The SMILES string of the molecule is COC(=O)c1ccc(OC)c(NS(=O)(=O)c2nnc(NC(C)=O)s2)c1. The summed E-state index contributed by atoms with van der Waals surface area (Å²) in [4.78, 5) is 22.6. The minimum absolute atomic E-state index is 0.0293. The second kappa shape index (κ2) is 7.44. The Bertz CT molecular complexity index is 909. The zero-order valence-corrected chi connectivity index (χ0v) is 15.0. The van der Waals surface area contributed by atoms with Gasteiger partial charge in [-0.05, 0) is 18.2 Å². The standard InChI is InChI=1S/C13H14N4O6S2/c1-7(18)14-12-15-16-13(24-12)25(20,21)17-9-6-8(11(19)23-3)4-5-10(9)22-2/h4-6,17H,1-3H3,(H,14,15,18). The number of ether oxygens (including phenoxy) is 2. The van der Waals surface area contributed by atoms with Gasteiger partial charge in [0.2, 0.25) is 11.0 Å². The van der Waals surface area contributed by atoms with Crippen LogP contribution in [0.3, 0.4) is 0 Å². The normalized spacial score (nSPS) is 10.8. The molecule has 0 aliphatic carbocycles. The lowest BCUT2D eigenvalue weighted by Crippen LogP contribution is -2.14. The van der Waals surface area contributed by atoms with Crippen LogP contribution < -0.4 is 14.8 Å². The molecule has 2 N–H and O–H groups in total. The third kappa shape index (κ3) is 4.42. The van der Waals surface area contributed by atoms with Crippen LogP contribution in [0.2, 0.25) is 0 Å². The van der Waals surface area contributed by atoms with Gasteiger partial charge in [-0.15, -0.1) is 10.2 Å². The predicted octanol–water partition coefficient (Wildman–Crippen LogP) is 1.09. The third-order valence-electron chi connectivity index (χ3n) is 2.78. The number of nitrogens with one attached hydrogen (secondary N) is 2. The molecule has 12 heteroatoms. The first-order valence-electron chi connectivity index (χ1n) is 6.67. The molecular formula is C13H14N4O6S2. The van der Waals surface area contributed by atoms with E-state index >= 15 is 0 Å². The number of sulfonamides is 1. The molecule has 1 aromatic carbocycles. The average Bonchev–Trinajstić information content (AvgIpc) is 3.02. The Kier molecular flexibility index (Phi) is 5.54. The number of methoxy groups -OCH3 is 2. The van der Waals surface area contributed by atoms with Gasteiger partial charge in [0.15, 0.2) is 0 Å². The molecular weight excluding hydrogens is 372 g/mol. The van der Waals surface area contributed by atoms with Crippen molar-refractivity contribution in [1.29, 1.82) is 0 Å². The molecule has 0 aliphatic rings. The zero-order valence-electron chi connectivity index (χ0n) is 13.4. The van der Waals surface area contributed by atoms with E-state index in [2.05, 4.69) is 25.0 Å². The largest absolute Gasteiger partial charge is 0.495 e. The first kappa shape index (κ1) is 18.6. The Morgan fingerprint density at radius 2 is 1.92 bits per heavy atom. The summed E-state index contributed by atoms with van der Waals surface area (Å²) in [7, 11) is -1.54. The number of amides is 1. The Balaban J connectivity index is 2.34. The predicted molar refractivity (Wildman–Crippen MR) is 89.4 cm³/mol. The van der Waals surface area contributed by atoms with Crippen LogP contribution in [0, 0.1) is 0 Å². The summed E-state index contributed by atoms with van der Waals surface area (Å²) in [5, 5.41) is 9.50. The van der Waals surface area contributed by atoms with Crippen molar-refractivity contribution in [2.75, 3.05) is 24.3 Å². The van der Waals surface area contributed by atoms with Gasteiger partial charge in [-0.1, -0.05) is 11.3 Å². The summed E-state index contributed by atoms with van der Waals surface area (Å²) in [6.07, 6.45) is 0. The average molecular weight is 386 g/mol. The number of esters is 1. The smallest absolute Gasteiger partial charge is 0.337 e. The van der Waals surface area contributed by atoms with Crippen LogP contribution in [0.25, 0.3) is 0 Å². The van der Waals surface area contributed by atoms with Crippen molar-refractivity contribution < 1.29 is 27.5 Å². The van der Waals surface area contributed by atoms with Gasteiger partial charge in [0.05, 0.1) is 25.5 Å². The van der Waals surface area contributed by atoms with Crippen molar-refractivity contribution in [1.82, 2.24) is 10.2 Å². The fourth-order valence-electron chi connectivity index (χ4n) is 1.74. The highest BCUT2D eigenvalue weighted by atomic mass is 32.2. The van der Waals surface area contributed by atoms with E-state index in [1.807, 2.05) is 0 Å². The molecule has 134 valence electrons. The van der Waals surface area contributed by atoms with Crippen LogP contribution in [0.4, 0.5) is 10.8 Å². The van der Waals surface area contributed by atoms with Crippen LogP contribution in [0.15, 0.2) is 22.5 Å². The maximum Gasteiger partial charge on any atom is 0.337 e. The summed E-state index contributed by atoms with van der Waals surface area (Å²) >= 11 is 0.679. The van der Waals surface area contributed by atoms with Crippen molar-refractivity contribution in [3.8, 4) is 5.75 Å². The lowest BCUT2D eigenvalue weighted by Gasteiger charge is -2.11. The molecule has 2 aromatic rings. The van der Waals surface area contributed by atoms with Crippen LogP contribution in [-0.4, -0.2) is 44.7 Å². The van der Waals surface area contributed by atoms with Gasteiger partial charge in [0.25, 0.3) is 14.4 Å². The van der Waals surface area contributed by atoms with Gasteiger partial charge in [-0.2, -0.15) is 8.42 Å². The summed E-state index contributed by atoms with van der Waals surface area (Å²) in [5.74, 6) is -0.838. The minimum atomic E-state index is -4.10. The van der Waals surface area contributed by atoms with Gasteiger partial charge in [0, 0.05) is 6.92 Å². The topological polar surface area (TPSA) is 137 Å². The van der Waals surface area contributed by atoms with Crippen LogP contribution in [0.5, 0.6) is 5.75 Å². The monoisotopic (exact) mass is 386 g/mol. The number of benzene rings is 1. The van der Waals surface area contributed by atoms with E-state index in [0.29, 0.717) is 11.3 Å². The zero-order chi connectivity index (χ0) is 18.6. The Morgan fingerprint density at radius 3 is 2.52 bits per heavy atom. The molecule has 0 saturated carbocycles. The highest BCUT2D eigenvalue weighted by Crippen LogP contribution is 2.29. The molecule has 0 fully saturated rings. The molecule has 0 unspecified atom stereocenters. The van der Waals surface area contributed by atoms with Crippen molar-refractivity contribution in [3.05, 3.63) is 23.8 Å². The fraction of sp³-hybridized carbons (Fsp3) is 0.231. The number of hydrogen-bond acceptors (Lipinski definition) is 9. The number of carbonyl (C=O) groups is 2. The van der Waals surface area contributed by atoms with E-state index in [-0.39, 0.29) is 26.5 Å². The molecule has 0 atom stereocenters. The highest BCUT2D eigenvalue weighted by Gasteiger charge is 2.23. The molecule has 0 aliphatic heterocycles. The van der Waals surface area contributed by atoms with Crippen molar-refractivity contribution in [2.24, 2.45) is 0 Å². The first-order valence-corrected chi connectivity index (χ1v) is 8.97. The molecule has 1 amide bonds. The van der Waals surface area contributed by atoms with Crippen molar-refractivity contribution in [2.45, 2.75) is 11.3 Å². The Morgan fingerprint density at radius 1 is 1.20 bits per heavy atom. The number of rotatable bonds is 6. The Hall–Kier alpha value is -2.73. The second-order valence-electron chi connectivity index (χ2n) is 4.57. The molecule has 25 heavy (non-hydrogen) atoms. The molecule has 0 bridgehead atoms. The molecule has 2 rings (SSSR count). The van der Waals surface area contributed by atoms with Gasteiger partial charge in [-0.25, -0.2) is 4.79 Å². The molecule has 1 aromatic heterocycles. The quantitative estimate of drug-likeness (QED) is 0.556. The molecule has 0 radical (unpaired) electrons. The van der Waals surface area contributed by atoms with E-state index < -0.39 is 21.9 Å². The summed E-state index contributed by atoms with van der Waals surface area (Å²) in [6.45, 7) is 1.26. The summed E-state index contributed by atoms with van der Waals surface area (Å²) in [5.41, 5.74) is 0.166. The number of aromatic nitrogens is 2. The third-order valence-corrected chi connectivity index (χ3v) is 5.36. The van der Waals surface area contributed by atoms with Gasteiger partial charge >= 0.3 is 5.97 Å². The number of carbonyl (C=O) groups excluding carboxylic acids is 2. The van der Waals surface area contributed by atoms with Gasteiger partial charge < -0.3 is 14.8 Å². The summed E-state index contributed by atoms with van der Waals surface area (Å²) < 4.78 is 36.5. The molecule has 0 saturated heterocycles. The van der Waals surface area contributed by atoms with Gasteiger partial charge in [0.1, 0.15) is 5.75 Å². The molecule has 0 spiro atoms. The fourth-order valence-corrected chi connectivity index (χ4v) is 3.75. The maximum absolute atomic E-state index is 12.4. The highest BCUT2D eigenvalue weighted by molar-refractivity contribution is 7.94. The number of nitrogens with zero attached hydrogens (tertiary/aromatic N) is 2. The van der Waals surface area contributed by atoms with Crippen LogP contribution >= 0.6 is 11.3 Å². The van der Waals surface area contributed by atoms with E-state index in [4.69, 9.17) is 4.74 Å². The van der Waals surface area contributed by atoms with E-state index in [9.17, 15) is 18.0 Å².